The zero-order chi connectivity index (χ0) is 11.0. The molecular formula is C14H12O2. The Morgan fingerprint density at radius 3 is 1.88 bits per heavy atom. The Kier molecular flexibility index (Phi) is 2.15. The largest absolute Gasteiger partial charge is 0.508 e. The molecule has 1 saturated heterocycles. The molecule has 2 aromatic carbocycles. The Morgan fingerprint density at radius 1 is 0.875 bits per heavy atom. The van der Waals surface area contributed by atoms with Crippen LogP contribution < -0.4 is 0 Å². The summed E-state index contributed by atoms with van der Waals surface area (Å²) in [5.41, 5.74) is 3.51. The van der Waals surface area contributed by atoms with Crippen LogP contribution in [0.5, 0.6) is 5.75 Å². The summed E-state index contributed by atoms with van der Waals surface area (Å²) in [5, 5.41) is 9.21. The van der Waals surface area contributed by atoms with Gasteiger partial charge in [-0.2, -0.15) is 0 Å². The first kappa shape index (κ1) is 9.43. The molecule has 1 unspecified atom stereocenters. The van der Waals surface area contributed by atoms with E-state index < -0.39 is 0 Å². The first-order valence-electron chi connectivity index (χ1n) is 5.34. The van der Waals surface area contributed by atoms with Crippen LogP contribution >= 0.6 is 0 Å². The fourth-order valence-electron chi connectivity index (χ4n) is 1.78. The first-order valence-corrected chi connectivity index (χ1v) is 5.34. The predicted octanol–water partition coefficient (Wildman–Crippen LogP) is 3.13. The van der Waals surface area contributed by atoms with E-state index in [-0.39, 0.29) is 0 Å². The van der Waals surface area contributed by atoms with E-state index in [0.29, 0.717) is 11.9 Å². The zero-order valence-corrected chi connectivity index (χ0v) is 8.76. The van der Waals surface area contributed by atoms with Crippen molar-refractivity contribution in [2.75, 3.05) is 6.61 Å². The minimum absolute atomic E-state index is 0.298. The fourth-order valence-corrected chi connectivity index (χ4v) is 1.78. The van der Waals surface area contributed by atoms with Crippen LogP contribution in [0.15, 0.2) is 48.5 Å². The van der Waals surface area contributed by atoms with Crippen molar-refractivity contribution < 1.29 is 9.84 Å². The van der Waals surface area contributed by atoms with Crippen LogP contribution in [-0.2, 0) is 4.74 Å². The molecule has 1 N–H and O–H groups in total. The maximum Gasteiger partial charge on any atom is 0.115 e. The smallest absolute Gasteiger partial charge is 0.115 e. The number of benzene rings is 2. The van der Waals surface area contributed by atoms with Gasteiger partial charge in [0.2, 0.25) is 0 Å². The Hall–Kier alpha value is -1.80. The third kappa shape index (κ3) is 1.79. The van der Waals surface area contributed by atoms with Crippen molar-refractivity contribution in [3.05, 3.63) is 54.1 Å². The molecule has 1 aliphatic rings. The van der Waals surface area contributed by atoms with E-state index in [0.717, 1.165) is 17.7 Å². The van der Waals surface area contributed by atoms with Gasteiger partial charge in [0.05, 0.1) is 6.61 Å². The number of ether oxygens (including phenoxy) is 1. The van der Waals surface area contributed by atoms with Crippen molar-refractivity contribution in [3.63, 3.8) is 0 Å². The molecule has 1 atom stereocenters. The molecule has 0 spiro atoms. The number of phenolic OH excluding ortho intramolecular Hbond substituents is 1. The second kappa shape index (κ2) is 3.65. The summed E-state index contributed by atoms with van der Waals surface area (Å²) in [6.07, 6.45) is 0.314. The van der Waals surface area contributed by atoms with Crippen molar-refractivity contribution in [2.45, 2.75) is 6.10 Å². The molecule has 0 aliphatic carbocycles. The van der Waals surface area contributed by atoms with Crippen molar-refractivity contribution in [1.29, 1.82) is 0 Å². The van der Waals surface area contributed by atoms with E-state index in [4.69, 9.17) is 4.74 Å². The third-order valence-electron chi connectivity index (χ3n) is 2.82. The van der Waals surface area contributed by atoms with Gasteiger partial charge >= 0.3 is 0 Å². The highest BCUT2D eigenvalue weighted by atomic mass is 16.6. The topological polar surface area (TPSA) is 32.8 Å². The Morgan fingerprint density at radius 2 is 1.38 bits per heavy atom. The van der Waals surface area contributed by atoms with Gasteiger partial charge in [0.15, 0.2) is 0 Å². The molecule has 0 aromatic heterocycles. The van der Waals surface area contributed by atoms with Gasteiger partial charge < -0.3 is 9.84 Å². The normalized spacial score (nSPS) is 18.4. The fraction of sp³-hybridized carbons (Fsp3) is 0.143. The molecule has 2 aromatic rings. The molecule has 0 radical (unpaired) electrons. The molecule has 16 heavy (non-hydrogen) atoms. The summed E-state index contributed by atoms with van der Waals surface area (Å²) in [7, 11) is 0. The van der Waals surface area contributed by atoms with Crippen LogP contribution in [0.1, 0.15) is 11.7 Å². The minimum Gasteiger partial charge on any atom is -0.508 e. The second-order valence-corrected chi connectivity index (χ2v) is 3.99. The Labute approximate surface area is 94.1 Å². The molecule has 0 amide bonds. The van der Waals surface area contributed by atoms with Crippen LogP contribution in [0.3, 0.4) is 0 Å². The van der Waals surface area contributed by atoms with Gasteiger partial charge in [0, 0.05) is 0 Å². The molecule has 0 saturated carbocycles. The molecule has 1 heterocycles. The molecule has 1 fully saturated rings. The summed E-state index contributed by atoms with van der Waals surface area (Å²) in [5.74, 6) is 0.298. The van der Waals surface area contributed by atoms with Gasteiger partial charge in [-0.25, -0.2) is 0 Å². The van der Waals surface area contributed by atoms with E-state index in [1.54, 1.807) is 12.1 Å². The third-order valence-corrected chi connectivity index (χ3v) is 2.82. The van der Waals surface area contributed by atoms with Gasteiger partial charge in [0.1, 0.15) is 11.9 Å². The summed E-state index contributed by atoms with van der Waals surface area (Å²) in [6, 6.07) is 15.6. The SMILES string of the molecule is Oc1ccc(-c2ccc(C3CO3)cc2)cc1. The summed E-state index contributed by atoms with van der Waals surface area (Å²) < 4.78 is 5.22. The van der Waals surface area contributed by atoms with Gasteiger partial charge in [-0.3, -0.25) is 0 Å². The summed E-state index contributed by atoms with van der Waals surface area (Å²) in [6.45, 7) is 0.846. The first-order chi connectivity index (χ1) is 7.83. The number of phenols is 1. The van der Waals surface area contributed by atoms with E-state index >= 15 is 0 Å². The number of epoxide rings is 1. The lowest BCUT2D eigenvalue weighted by molar-refractivity contribution is 0.415. The average Bonchev–Trinajstić information content (AvgIpc) is 3.14. The molecule has 0 bridgehead atoms. The van der Waals surface area contributed by atoms with Crippen molar-refractivity contribution in [3.8, 4) is 16.9 Å². The lowest BCUT2D eigenvalue weighted by atomic mass is 10.0. The molecule has 3 rings (SSSR count). The lowest BCUT2D eigenvalue weighted by Gasteiger charge is -2.03. The lowest BCUT2D eigenvalue weighted by Crippen LogP contribution is -1.81. The van der Waals surface area contributed by atoms with Crippen molar-refractivity contribution in [1.82, 2.24) is 0 Å². The minimum atomic E-state index is 0.298. The number of aromatic hydroxyl groups is 1. The molecule has 1 aliphatic heterocycles. The zero-order valence-electron chi connectivity index (χ0n) is 8.76. The van der Waals surface area contributed by atoms with Gasteiger partial charge in [-0.15, -0.1) is 0 Å². The molecule has 2 heteroatoms. The van der Waals surface area contributed by atoms with Crippen LogP contribution in [0, 0.1) is 0 Å². The second-order valence-electron chi connectivity index (χ2n) is 3.99. The number of hydrogen-bond donors (Lipinski definition) is 1. The highest BCUT2D eigenvalue weighted by Gasteiger charge is 2.24. The van der Waals surface area contributed by atoms with Crippen LogP contribution in [0.25, 0.3) is 11.1 Å². The highest BCUT2D eigenvalue weighted by Crippen LogP contribution is 2.31. The monoisotopic (exact) mass is 212 g/mol. The molecular weight excluding hydrogens is 200 g/mol. The number of hydrogen-bond acceptors (Lipinski definition) is 2. The van der Waals surface area contributed by atoms with Gasteiger partial charge in [0.25, 0.3) is 0 Å². The quantitative estimate of drug-likeness (QED) is 0.776. The van der Waals surface area contributed by atoms with Crippen LogP contribution in [0.4, 0.5) is 0 Å². The van der Waals surface area contributed by atoms with Crippen molar-refractivity contribution in [2.24, 2.45) is 0 Å². The molecule has 2 nitrogen and oxygen atoms in total. The van der Waals surface area contributed by atoms with E-state index in [1.165, 1.54) is 5.56 Å². The van der Waals surface area contributed by atoms with Gasteiger partial charge in [-0.05, 0) is 28.8 Å². The van der Waals surface area contributed by atoms with Crippen LogP contribution in [0.2, 0.25) is 0 Å². The van der Waals surface area contributed by atoms with Crippen molar-refractivity contribution >= 4 is 0 Å². The number of rotatable bonds is 2. The van der Waals surface area contributed by atoms with Crippen LogP contribution in [-0.4, -0.2) is 11.7 Å². The standard InChI is InChI=1S/C14H12O2/c15-13-7-5-11(6-8-13)10-1-3-12(4-2-10)14-9-16-14/h1-8,14-15H,9H2. The average molecular weight is 212 g/mol. The Bertz CT molecular complexity index is 481. The van der Waals surface area contributed by atoms with Gasteiger partial charge in [-0.1, -0.05) is 36.4 Å². The summed E-state index contributed by atoms with van der Waals surface area (Å²) in [4.78, 5) is 0. The highest BCUT2D eigenvalue weighted by molar-refractivity contribution is 5.64. The Balaban J connectivity index is 1.91. The van der Waals surface area contributed by atoms with E-state index in [2.05, 4.69) is 24.3 Å². The van der Waals surface area contributed by atoms with E-state index in [9.17, 15) is 5.11 Å². The maximum atomic E-state index is 9.21. The van der Waals surface area contributed by atoms with E-state index in [1.807, 2.05) is 12.1 Å². The summed E-state index contributed by atoms with van der Waals surface area (Å²) >= 11 is 0. The predicted molar refractivity (Wildman–Crippen MR) is 62.2 cm³/mol. The molecule has 80 valence electrons. The maximum absolute atomic E-state index is 9.21.